The first-order valence-electron chi connectivity index (χ1n) is 7.50. The maximum absolute atomic E-state index is 3.80. The fraction of sp³-hybridized carbons (Fsp3) is 1.00. The molecule has 3 aliphatic heterocycles. The van der Waals surface area contributed by atoms with Gasteiger partial charge in [-0.05, 0) is 58.7 Å². The lowest BCUT2D eigenvalue weighted by atomic mass is 9.98. The molecule has 0 aliphatic carbocycles. The molecule has 3 fully saturated rings. The number of nitrogens with zero attached hydrogens (tertiary/aromatic N) is 2. The Morgan fingerprint density at radius 1 is 1.06 bits per heavy atom. The molecule has 17 heavy (non-hydrogen) atoms. The van der Waals surface area contributed by atoms with Crippen molar-refractivity contribution < 1.29 is 0 Å². The van der Waals surface area contributed by atoms with E-state index in [-0.39, 0.29) is 0 Å². The number of fused-ring (bicyclic) bond motifs is 2. The minimum atomic E-state index is 0.798. The Balaban J connectivity index is 1.38. The van der Waals surface area contributed by atoms with Crippen LogP contribution in [0.1, 0.15) is 38.5 Å². The average Bonchev–Trinajstić information content (AvgIpc) is 2.87. The van der Waals surface area contributed by atoms with Crippen molar-refractivity contribution in [2.24, 2.45) is 0 Å². The molecular formula is C14H27N3. The van der Waals surface area contributed by atoms with Crippen LogP contribution in [0.2, 0.25) is 0 Å². The molecule has 0 amide bonds. The Morgan fingerprint density at radius 3 is 2.35 bits per heavy atom. The highest BCUT2D eigenvalue weighted by Gasteiger charge is 2.37. The summed E-state index contributed by atoms with van der Waals surface area (Å²) in [6, 6.07) is 2.54. The molecule has 2 bridgehead atoms. The lowest BCUT2D eigenvalue weighted by molar-refractivity contribution is 0.147. The molecule has 0 aromatic heterocycles. The standard InChI is InChI=1S/C14H27N3/c1-16-13-4-5-14(16)11-12(10-13)15-6-9-17-7-2-3-8-17/h12-15H,2-11H2,1H3. The molecule has 0 aromatic rings. The van der Waals surface area contributed by atoms with Crippen molar-refractivity contribution in [3.8, 4) is 0 Å². The van der Waals surface area contributed by atoms with E-state index in [1.54, 1.807) is 0 Å². The highest BCUT2D eigenvalue weighted by Crippen LogP contribution is 2.34. The van der Waals surface area contributed by atoms with Crippen molar-refractivity contribution in [1.29, 1.82) is 0 Å². The highest BCUT2D eigenvalue weighted by atomic mass is 15.2. The summed E-state index contributed by atoms with van der Waals surface area (Å²) in [7, 11) is 2.32. The molecule has 3 rings (SSSR count). The first-order chi connectivity index (χ1) is 8.33. The van der Waals surface area contributed by atoms with Crippen LogP contribution in [0.25, 0.3) is 0 Å². The topological polar surface area (TPSA) is 18.5 Å². The van der Waals surface area contributed by atoms with Crippen molar-refractivity contribution in [3.63, 3.8) is 0 Å². The Kier molecular flexibility index (Phi) is 3.69. The van der Waals surface area contributed by atoms with Gasteiger partial charge in [-0.1, -0.05) is 0 Å². The summed E-state index contributed by atoms with van der Waals surface area (Å²) in [5, 5.41) is 3.80. The van der Waals surface area contributed by atoms with Crippen LogP contribution < -0.4 is 5.32 Å². The van der Waals surface area contributed by atoms with Gasteiger partial charge in [-0.15, -0.1) is 0 Å². The van der Waals surface area contributed by atoms with Gasteiger partial charge >= 0.3 is 0 Å². The molecule has 3 saturated heterocycles. The molecule has 98 valence electrons. The largest absolute Gasteiger partial charge is 0.313 e. The summed E-state index contributed by atoms with van der Waals surface area (Å²) in [5.74, 6) is 0. The Labute approximate surface area is 106 Å². The molecule has 3 heterocycles. The predicted molar refractivity (Wildman–Crippen MR) is 71.3 cm³/mol. The lowest BCUT2D eigenvalue weighted by Crippen LogP contribution is -2.48. The maximum Gasteiger partial charge on any atom is 0.0111 e. The lowest BCUT2D eigenvalue weighted by Gasteiger charge is -2.37. The maximum atomic E-state index is 3.80. The second-order valence-corrected chi connectivity index (χ2v) is 6.22. The molecule has 2 unspecified atom stereocenters. The summed E-state index contributed by atoms with van der Waals surface area (Å²) >= 11 is 0. The van der Waals surface area contributed by atoms with Gasteiger partial charge in [0.1, 0.15) is 0 Å². The molecule has 3 nitrogen and oxygen atoms in total. The van der Waals surface area contributed by atoms with Crippen LogP contribution >= 0.6 is 0 Å². The Bertz CT molecular complexity index is 236. The van der Waals surface area contributed by atoms with Crippen molar-refractivity contribution in [2.45, 2.75) is 56.7 Å². The SMILES string of the molecule is CN1C2CCC1CC(NCCN1CCCC1)C2. The van der Waals surface area contributed by atoms with Crippen LogP contribution in [-0.4, -0.2) is 61.2 Å². The van der Waals surface area contributed by atoms with Gasteiger partial charge in [-0.2, -0.15) is 0 Å². The number of hydrogen-bond donors (Lipinski definition) is 1. The van der Waals surface area contributed by atoms with Crippen molar-refractivity contribution in [1.82, 2.24) is 15.1 Å². The molecule has 3 heteroatoms. The molecule has 0 radical (unpaired) electrons. The zero-order valence-electron chi connectivity index (χ0n) is 11.2. The molecule has 0 spiro atoms. The van der Waals surface area contributed by atoms with Gasteiger partial charge < -0.3 is 15.1 Å². The zero-order valence-corrected chi connectivity index (χ0v) is 11.2. The van der Waals surface area contributed by atoms with E-state index >= 15 is 0 Å². The molecule has 2 atom stereocenters. The second-order valence-electron chi connectivity index (χ2n) is 6.22. The van der Waals surface area contributed by atoms with Crippen LogP contribution in [0.15, 0.2) is 0 Å². The van der Waals surface area contributed by atoms with Gasteiger partial charge in [0.05, 0.1) is 0 Å². The van der Waals surface area contributed by atoms with Crippen molar-refractivity contribution in [2.75, 3.05) is 33.2 Å². The molecule has 0 saturated carbocycles. The van der Waals surface area contributed by atoms with Crippen LogP contribution in [-0.2, 0) is 0 Å². The quantitative estimate of drug-likeness (QED) is 0.795. The molecule has 1 N–H and O–H groups in total. The smallest absolute Gasteiger partial charge is 0.0111 e. The van der Waals surface area contributed by atoms with Gasteiger partial charge in [-0.25, -0.2) is 0 Å². The number of likely N-dealkylation sites (tertiary alicyclic amines) is 1. The molecular weight excluding hydrogens is 210 g/mol. The normalized spacial score (nSPS) is 39.0. The minimum absolute atomic E-state index is 0.798. The first-order valence-corrected chi connectivity index (χ1v) is 7.50. The first kappa shape index (κ1) is 11.9. The zero-order chi connectivity index (χ0) is 11.7. The third kappa shape index (κ3) is 2.67. The average molecular weight is 237 g/mol. The summed E-state index contributed by atoms with van der Waals surface area (Å²) < 4.78 is 0. The van der Waals surface area contributed by atoms with Crippen molar-refractivity contribution in [3.05, 3.63) is 0 Å². The second kappa shape index (κ2) is 5.25. The molecule has 0 aromatic carbocycles. The summed E-state index contributed by atoms with van der Waals surface area (Å²) in [4.78, 5) is 5.23. The minimum Gasteiger partial charge on any atom is -0.313 e. The van der Waals surface area contributed by atoms with E-state index in [0.29, 0.717) is 0 Å². The van der Waals surface area contributed by atoms with Gasteiger partial charge in [0.15, 0.2) is 0 Å². The van der Waals surface area contributed by atoms with Gasteiger partial charge in [0.25, 0.3) is 0 Å². The third-order valence-electron chi connectivity index (χ3n) is 5.16. The van der Waals surface area contributed by atoms with Gasteiger partial charge in [-0.3, -0.25) is 0 Å². The summed E-state index contributed by atoms with van der Waals surface area (Å²) in [6.45, 7) is 5.14. The van der Waals surface area contributed by atoms with Gasteiger partial charge in [0, 0.05) is 31.2 Å². The number of hydrogen-bond acceptors (Lipinski definition) is 3. The number of rotatable bonds is 4. The summed E-state index contributed by atoms with van der Waals surface area (Å²) in [6.07, 6.45) is 8.47. The fourth-order valence-corrected chi connectivity index (χ4v) is 4.01. The third-order valence-corrected chi connectivity index (χ3v) is 5.16. The van der Waals surface area contributed by atoms with Crippen LogP contribution in [0.4, 0.5) is 0 Å². The number of piperidine rings is 1. The van der Waals surface area contributed by atoms with E-state index in [1.807, 2.05) is 0 Å². The van der Waals surface area contributed by atoms with Crippen LogP contribution in [0.3, 0.4) is 0 Å². The van der Waals surface area contributed by atoms with E-state index in [0.717, 1.165) is 18.1 Å². The van der Waals surface area contributed by atoms with Gasteiger partial charge in [0.2, 0.25) is 0 Å². The van der Waals surface area contributed by atoms with E-state index in [2.05, 4.69) is 22.2 Å². The monoisotopic (exact) mass is 237 g/mol. The van der Waals surface area contributed by atoms with E-state index < -0.39 is 0 Å². The van der Waals surface area contributed by atoms with Crippen LogP contribution in [0, 0.1) is 0 Å². The number of nitrogens with one attached hydrogen (secondary N) is 1. The van der Waals surface area contributed by atoms with E-state index in [9.17, 15) is 0 Å². The summed E-state index contributed by atoms with van der Waals surface area (Å²) in [5.41, 5.74) is 0. The Morgan fingerprint density at radius 2 is 1.71 bits per heavy atom. The molecule has 3 aliphatic rings. The predicted octanol–water partition coefficient (Wildman–Crippen LogP) is 1.30. The van der Waals surface area contributed by atoms with E-state index in [4.69, 9.17) is 0 Å². The van der Waals surface area contributed by atoms with Crippen LogP contribution in [0.5, 0.6) is 0 Å². The van der Waals surface area contributed by atoms with Crippen molar-refractivity contribution >= 4 is 0 Å². The Hall–Kier alpha value is -0.120. The highest BCUT2D eigenvalue weighted by molar-refractivity contribution is 4.95. The van der Waals surface area contributed by atoms with E-state index in [1.165, 1.54) is 64.7 Å². The fourth-order valence-electron chi connectivity index (χ4n) is 4.01.